The average molecular weight is 375 g/mol. The second-order valence-corrected chi connectivity index (χ2v) is 8.38. The molecule has 6 heteroatoms. The molecule has 0 saturated carbocycles. The summed E-state index contributed by atoms with van der Waals surface area (Å²) in [5, 5.41) is 2.87. The minimum Gasteiger partial charge on any atom is -0.350 e. The topological polar surface area (TPSA) is 66.5 Å². The number of carbonyl (C=O) groups excluding carboxylic acids is 1. The molecular formula is C20H26N2O3S. The maximum absolute atomic E-state index is 12.7. The van der Waals surface area contributed by atoms with E-state index in [4.69, 9.17) is 0 Å². The highest BCUT2D eigenvalue weighted by molar-refractivity contribution is 7.92. The van der Waals surface area contributed by atoms with Crippen LogP contribution in [0.25, 0.3) is 0 Å². The lowest BCUT2D eigenvalue weighted by atomic mass is 10.1. The van der Waals surface area contributed by atoms with Crippen molar-refractivity contribution in [1.29, 1.82) is 0 Å². The molecule has 0 aliphatic carbocycles. The van der Waals surface area contributed by atoms with E-state index in [1.807, 2.05) is 57.2 Å². The van der Waals surface area contributed by atoms with Gasteiger partial charge in [0.15, 0.2) is 0 Å². The maximum atomic E-state index is 12.7. The molecule has 1 amide bonds. The van der Waals surface area contributed by atoms with Crippen molar-refractivity contribution in [2.45, 2.75) is 39.8 Å². The number of sulfonamides is 1. The summed E-state index contributed by atoms with van der Waals surface area (Å²) < 4.78 is 26.0. The van der Waals surface area contributed by atoms with Gasteiger partial charge in [0.2, 0.25) is 15.9 Å². The Kier molecular flexibility index (Phi) is 6.42. The van der Waals surface area contributed by atoms with E-state index in [2.05, 4.69) is 5.32 Å². The number of hydrogen-bond donors (Lipinski definition) is 1. The van der Waals surface area contributed by atoms with Crippen LogP contribution in [0.2, 0.25) is 0 Å². The Labute approximate surface area is 156 Å². The van der Waals surface area contributed by atoms with E-state index in [-0.39, 0.29) is 5.91 Å². The van der Waals surface area contributed by atoms with Gasteiger partial charge in [-0.2, -0.15) is 0 Å². The van der Waals surface area contributed by atoms with Crippen LogP contribution in [0.5, 0.6) is 0 Å². The molecular weight excluding hydrogens is 348 g/mol. The summed E-state index contributed by atoms with van der Waals surface area (Å²) in [6.45, 7) is 6.09. The molecule has 2 aromatic rings. The third kappa shape index (κ3) is 5.08. The molecule has 1 atom stereocenters. The van der Waals surface area contributed by atoms with Crippen molar-refractivity contribution < 1.29 is 13.2 Å². The van der Waals surface area contributed by atoms with Crippen molar-refractivity contribution >= 4 is 21.6 Å². The van der Waals surface area contributed by atoms with Crippen molar-refractivity contribution in [2.75, 3.05) is 10.6 Å². The van der Waals surface area contributed by atoms with Crippen LogP contribution in [-0.4, -0.2) is 26.6 Å². The first-order valence-electron chi connectivity index (χ1n) is 8.61. The lowest BCUT2D eigenvalue weighted by Gasteiger charge is -2.30. The average Bonchev–Trinajstić information content (AvgIpc) is 2.57. The predicted octanol–water partition coefficient (Wildman–Crippen LogP) is 3.16. The molecule has 0 fully saturated rings. The van der Waals surface area contributed by atoms with Crippen molar-refractivity contribution in [2.24, 2.45) is 0 Å². The third-order valence-corrected chi connectivity index (χ3v) is 5.35. The molecule has 26 heavy (non-hydrogen) atoms. The van der Waals surface area contributed by atoms with Crippen molar-refractivity contribution in [3.63, 3.8) is 0 Å². The number of aryl methyl sites for hydroxylation is 2. The van der Waals surface area contributed by atoms with Crippen LogP contribution in [0.3, 0.4) is 0 Å². The highest BCUT2D eigenvalue weighted by Crippen LogP contribution is 2.23. The molecule has 1 N–H and O–H groups in total. The predicted molar refractivity (Wildman–Crippen MR) is 106 cm³/mol. The van der Waals surface area contributed by atoms with Crippen LogP contribution in [0.1, 0.15) is 30.0 Å². The van der Waals surface area contributed by atoms with E-state index in [1.54, 1.807) is 12.1 Å². The lowest BCUT2D eigenvalue weighted by molar-refractivity contribution is -0.122. The Morgan fingerprint density at radius 2 is 1.73 bits per heavy atom. The molecule has 0 spiro atoms. The zero-order chi connectivity index (χ0) is 19.3. The van der Waals surface area contributed by atoms with E-state index in [9.17, 15) is 13.2 Å². The smallest absolute Gasteiger partial charge is 0.244 e. The molecule has 0 bridgehead atoms. The monoisotopic (exact) mass is 374 g/mol. The number of amides is 1. The Morgan fingerprint density at radius 1 is 1.08 bits per heavy atom. The summed E-state index contributed by atoms with van der Waals surface area (Å²) >= 11 is 0. The first-order valence-corrected chi connectivity index (χ1v) is 10.5. The van der Waals surface area contributed by atoms with Gasteiger partial charge in [0, 0.05) is 6.54 Å². The first kappa shape index (κ1) is 20.0. The van der Waals surface area contributed by atoms with Gasteiger partial charge in [-0.15, -0.1) is 0 Å². The lowest BCUT2D eigenvalue weighted by Crippen LogP contribution is -2.49. The summed E-state index contributed by atoms with van der Waals surface area (Å²) in [6.07, 6.45) is 1.50. The van der Waals surface area contributed by atoms with Gasteiger partial charge < -0.3 is 5.32 Å². The number of carbonyl (C=O) groups is 1. The summed E-state index contributed by atoms with van der Waals surface area (Å²) in [6, 6.07) is 14.2. The van der Waals surface area contributed by atoms with Crippen LogP contribution in [0.15, 0.2) is 48.5 Å². The molecule has 0 heterocycles. The molecule has 2 aromatic carbocycles. The fourth-order valence-electron chi connectivity index (χ4n) is 2.88. The van der Waals surface area contributed by atoms with Gasteiger partial charge in [0.25, 0.3) is 0 Å². The Hall–Kier alpha value is -2.34. The normalized spacial score (nSPS) is 12.5. The SMILES string of the molecule is CC[C@H](C(=O)NCc1cccc(C)c1)N(c1ccc(C)cc1)S(C)(=O)=O. The first-order chi connectivity index (χ1) is 12.2. The highest BCUT2D eigenvalue weighted by Gasteiger charge is 2.31. The molecule has 0 radical (unpaired) electrons. The summed E-state index contributed by atoms with van der Waals surface area (Å²) in [5.74, 6) is -0.306. The molecule has 0 aliphatic heterocycles. The molecule has 0 unspecified atom stereocenters. The standard InChI is InChI=1S/C20H26N2O3S/c1-5-19(20(23)21-14-17-8-6-7-16(3)13-17)22(26(4,24)25)18-11-9-15(2)10-12-18/h6-13,19H,5,14H2,1-4H3,(H,21,23)/t19-/m1/s1. The number of anilines is 1. The fourth-order valence-corrected chi connectivity index (χ4v) is 4.09. The van der Waals surface area contributed by atoms with E-state index in [1.165, 1.54) is 4.31 Å². The molecule has 0 aromatic heterocycles. The molecule has 140 valence electrons. The number of nitrogens with one attached hydrogen (secondary N) is 1. The van der Waals surface area contributed by atoms with Crippen molar-refractivity contribution in [1.82, 2.24) is 5.32 Å². The van der Waals surface area contributed by atoms with Gasteiger partial charge in [0.05, 0.1) is 11.9 Å². The minimum absolute atomic E-state index is 0.306. The van der Waals surface area contributed by atoms with Crippen molar-refractivity contribution in [3.05, 3.63) is 65.2 Å². The van der Waals surface area contributed by atoms with Gasteiger partial charge >= 0.3 is 0 Å². The quantitative estimate of drug-likeness (QED) is 0.809. The van der Waals surface area contributed by atoms with E-state index < -0.39 is 16.1 Å². The number of benzene rings is 2. The van der Waals surface area contributed by atoms with Gasteiger partial charge in [-0.3, -0.25) is 9.10 Å². The largest absolute Gasteiger partial charge is 0.350 e. The van der Waals surface area contributed by atoms with E-state index in [0.29, 0.717) is 18.7 Å². The Bertz CT molecular complexity index is 861. The summed E-state index contributed by atoms with van der Waals surface area (Å²) in [5.41, 5.74) is 3.62. The Morgan fingerprint density at radius 3 is 2.27 bits per heavy atom. The molecule has 2 rings (SSSR count). The second-order valence-electron chi connectivity index (χ2n) is 6.53. The van der Waals surface area contributed by atoms with E-state index in [0.717, 1.165) is 22.9 Å². The zero-order valence-electron chi connectivity index (χ0n) is 15.7. The third-order valence-electron chi connectivity index (χ3n) is 4.17. The van der Waals surface area contributed by atoms with Gasteiger partial charge in [-0.1, -0.05) is 54.4 Å². The second kappa shape index (κ2) is 8.36. The van der Waals surface area contributed by atoms with Crippen molar-refractivity contribution in [3.8, 4) is 0 Å². The van der Waals surface area contributed by atoms with E-state index >= 15 is 0 Å². The van der Waals surface area contributed by atoms with Gasteiger partial charge in [-0.05, 0) is 38.0 Å². The highest BCUT2D eigenvalue weighted by atomic mass is 32.2. The zero-order valence-corrected chi connectivity index (χ0v) is 16.5. The molecule has 0 saturated heterocycles. The summed E-state index contributed by atoms with van der Waals surface area (Å²) in [7, 11) is -3.60. The fraction of sp³-hybridized carbons (Fsp3) is 0.350. The van der Waals surface area contributed by atoms with Crippen LogP contribution >= 0.6 is 0 Å². The number of nitrogens with zero attached hydrogens (tertiary/aromatic N) is 1. The van der Waals surface area contributed by atoms with Crippen LogP contribution in [0.4, 0.5) is 5.69 Å². The number of hydrogen-bond acceptors (Lipinski definition) is 3. The van der Waals surface area contributed by atoms with Crippen LogP contribution < -0.4 is 9.62 Å². The van der Waals surface area contributed by atoms with Gasteiger partial charge in [-0.25, -0.2) is 8.42 Å². The number of rotatable bonds is 7. The minimum atomic E-state index is -3.60. The molecule has 0 aliphatic rings. The van der Waals surface area contributed by atoms with Crippen LogP contribution in [0, 0.1) is 13.8 Å². The summed E-state index contributed by atoms with van der Waals surface area (Å²) in [4.78, 5) is 12.7. The Balaban J connectivity index is 2.23. The maximum Gasteiger partial charge on any atom is 0.244 e. The van der Waals surface area contributed by atoms with Gasteiger partial charge in [0.1, 0.15) is 6.04 Å². The molecule has 5 nitrogen and oxygen atoms in total. The van der Waals surface area contributed by atoms with Crippen LogP contribution in [-0.2, 0) is 21.4 Å².